The Morgan fingerprint density at radius 2 is 1.88 bits per heavy atom. The normalized spacial score (nSPS) is 11.8. The molecule has 6 heteroatoms. The third-order valence-corrected chi connectivity index (χ3v) is 4.69. The third-order valence-electron chi connectivity index (χ3n) is 3.69. The van der Waals surface area contributed by atoms with Crippen LogP contribution >= 0.6 is 11.8 Å². The zero-order valence-electron chi connectivity index (χ0n) is 14.2. The highest BCUT2D eigenvalue weighted by atomic mass is 32.2. The molecule has 3 nitrogen and oxygen atoms in total. The number of ether oxygens (including phenoxy) is 1. The van der Waals surface area contributed by atoms with E-state index in [-0.39, 0.29) is 17.7 Å². The van der Waals surface area contributed by atoms with Crippen LogP contribution in [0.15, 0.2) is 47.4 Å². The number of benzene rings is 2. The van der Waals surface area contributed by atoms with E-state index >= 15 is 0 Å². The molecule has 2 rings (SSSR count). The van der Waals surface area contributed by atoms with E-state index in [1.54, 1.807) is 7.11 Å². The van der Waals surface area contributed by atoms with Gasteiger partial charge in [-0.2, -0.15) is 0 Å². The lowest BCUT2D eigenvalue weighted by atomic mass is 10.1. The van der Waals surface area contributed by atoms with Gasteiger partial charge in [0.05, 0.1) is 12.9 Å². The minimum Gasteiger partial charge on any atom is -0.497 e. The molecule has 2 aromatic rings. The lowest BCUT2D eigenvalue weighted by Crippen LogP contribution is -2.34. The highest BCUT2D eigenvalue weighted by molar-refractivity contribution is 8.00. The van der Waals surface area contributed by atoms with Crippen molar-refractivity contribution in [3.05, 3.63) is 59.7 Å². The van der Waals surface area contributed by atoms with E-state index in [0.717, 1.165) is 30.7 Å². The molecule has 0 heterocycles. The van der Waals surface area contributed by atoms with Crippen molar-refractivity contribution in [1.29, 1.82) is 0 Å². The van der Waals surface area contributed by atoms with Gasteiger partial charge >= 0.3 is 0 Å². The third kappa shape index (κ3) is 6.38. The predicted molar refractivity (Wildman–Crippen MR) is 96.0 cm³/mol. The maximum Gasteiger partial charge on any atom is 0.230 e. The Hall–Kier alpha value is -2.08. The molecule has 0 aliphatic heterocycles. The Balaban J connectivity index is 1.72. The van der Waals surface area contributed by atoms with Gasteiger partial charge in [0.1, 0.15) is 5.75 Å². The summed E-state index contributed by atoms with van der Waals surface area (Å²) >= 11 is 1.18. The number of amides is 1. The van der Waals surface area contributed by atoms with Gasteiger partial charge in [-0.25, -0.2) is 8.78 Å². The first-order valence-corrected chi connectivity index (χ1v) is 8.96. The van der Waals surface area contributed by atoms with Crippen LogP contribution in [0, 0.1) is 11.6 Å². The van der Waals surface area contributed by atoms with Crippen molar-refractivity contribution in [2.75, 3.05) is 12.9 Å². The molecule has 0 fully saturated rings. The number of rotatable bonds is 8. The van der Waals surface area contributed by atoms with E-state index in [4.69, 9.17) is 4.74 Å². The van der Waals surface area contributed by atoms with Gasteiger partial charge in [0.15, 0.2) is 11.6 Å². The fourth-order valence-electron chi connectivity index (χ4n) is 2.28. The molecular weight excluding hydrogens is 344 g/mol. The van der Waals surface area contributed by atoms with Crippen LogP contribution < -0.4 is 10.1 Å². The van der Waals surface area contributed by atoms with Crippen LogP contribution in [0.4, 0.5) is 8.78 Å². The summed E-state index contributed by atoms with van der Waals surface area (Å²) in [5, 5.41) is 2.92. The topological polar surface area (TPSA) is 38.3 Å². The number of hydrogen-bond acceptors (Lipinski definition) is 3. The minimum absolute atomic E-state index is 0.0279. The maximum atomic E-state index is 13.1. The summed E-state index contributed by atoms with van der Waals surface area (Å²) < 4.78 is 31.1. The van der Waals surface area contributed by atoms with Crippen molar-refractivity contribution in [3.8, 4) is 5.75 Å². The van der Waals surface area contributed by atoms with Crippen LogP contribution in [0.5, 0.6) is 5.75 Å². The molecular formula is C19H21F2NO2S. The van der Waals surface area contributed by atoms with Crippen molar-refractivity contribution >= 4 is 17.7 Å². The fraction of sp³-hybridized carbons (Fsp3) is 0.316. The number of thioether (sulfide) groups is 1. The van der Waals surface area contributed by atoms with Crippen molar-refractivity contribution in [2.45, 2.75) is 30.7 Å². The van der Waals surface area contributed by atoms with Crippen LogP contribution in [0.1, 0.15) is 18.9 Å². The molecule has 1 amide bonds. The second-order valence-corrected chi connectivity index (χ2v) is 6.77. The molecule has 25 heavy (non-hydrogen) atoms. The average molecular weight is 365 g/mol. The van der Waals surface area contributed by atoms with Gasteiger partial charge in [0, 0.05) is 10.9 Å². The van der Waals surface area contributed by atoms with Crippen LogP contribution in [-0.4, -0.2) is 24.8 Å². The van der Waals surface area contributed by atoms with Gasteiger partial charge in [0.2, 0.25) is 5.91 Å². The standard InChI is InChI=1S/C19H21F2NO2S/c1-13(3-4-14-5-7-15(24-2)8-6-14)22-19(23)12-25-16-9-10-17(20)18(21)11-16/h5-11,13H,3-4,12H2,1-2H3,(H,22,23). The van der Waals surface area contributed by atoms with Gasteiger partial charge in [-0.15, -0.1) is 11.8 Å². The first-order valence-electron chi connectivity index (χ1n) is 7.98. The molecule has 0 spiro atoms. The van der Waals surface area contributed by atoms with Crippen molar-refractivity contribution in [3.63, 3.8) is 0 Å². The number of carbonyl (C=O) groups is 1. The van der Waals surface area contributed by atoms with Crippen LogP contribution in [0.25, 0.3) is 0 Å². The summed E-state index contributed by atoms with van der Waals surface area (Å²) in [7, 11) is 1.63. The first kappa shape index (κ1) is 19.2. The van der Waals surface area contributed by atoms with Crippen LogP contribution in [-0.2, 0) is 11.2 Å². The zero-order chi connectivity index (χ0) is 18.2. The number of hydrogen-bond donors (Lipinski definition) is 1. The summed E-state index contributed by atoms with van der Waals surface area (Å²) in [6, 6.07) is 11.5. The van der Waals surface area contributed by atoms with Crippen molar-refractivity contribution < 1.29 is 18.3 Å². The second-order valence-electron chi connectivity index (χ2n) is 5.72. The Labute approximate surface area is 150 Å². The van der Waals surface area contributed by atoms with Crippen LogP contribution in [0.2, 0.25) is 0 Å². The molecule has 0 aromatic heterocycles. The quantitative estimate of drug-likeness (QED) is 0.713. The number of carbonyl (C=O) groups excluding carboxylic acids is 1. The smallest absolute Gasteiger partial charge is 0.230 e. The van der Waals surface area contributed by atoms with Gasteiger partial charge in [-0.3, -0.25) is 4.79 Å². The molecule has 0 radical (unpaired) electrons. The van der Waals surface area contributed by atoms with Gasteiger partial charge in [-0.1, -0.05) is 12.1 Å². The molecule has 0 saturated heterocycles. The van der Waals surface area contributed by atoms with E-state index < -0.39 is 11.6 Å². The lowest BCUT2D eigenvalue weighted by molar-refractivity contribution is -0.119. The summed E-state index contributed by atoms with van der Waals surface area (Å²) in [6.07, 6.45) is 1.66. The van der Waals surface area contributed by atoms with Gasteiger partial charge in [-0.05, 0) is 55.7 Å². The second kappa shape index (κ2) is 9.42. The van der Waals surface area contributed by atoms with E-state index in [1.165, 1.54) is 23.4 Å². The summed E-state index contributed by atoms with van der Waals surface area (Å²) in [4.78, 5) is 12.5. The van der Waals surface area contributed by atoms with Gasteiger partial charge in [0.25, 0.3) is 0 Å². The number of nitrogens with one attached hydrogen (secondary N) is 1. The summed E-state index contributed by atoms with van der Waals surface area (Å²) in [5.41, 5.74) is 1.18. The monoisotopic (exact) mass is 365 g/mol. The summed E-state index contributed by atoms with van der Waals surface area (Å²) in [5.74, 6) is -0.937. The van der Waals surface area contributed by atoms with Crippen molar-refractivity contribution in [1.82, 2.24) is 5.32 Å². The number of methoxy groups -OCH3 is 1. The van der Waals surface area contributed by atoms with E-state index in [9.17, 15) is 13.6 Å². The SMILES string of the molecule is COc1ccc(CCC(C)NC(=O)CSc2ccc(F)c(F)c2)cc1. The van der Waals surface area contributed by atoms with Crippen molar-refractivity contribution in [2.24, 2.45) is 0 Å². The molecule has 1 atom stereocenters. The minimum atomic E-state index is -0.904. The highest BCUT2D eigenvalue weighted by Gasteiger charge is 2.10. The molecule has 0 bridgehead atoms. The zero-order valence-corrected chi connectivity index (χ0v) is 15.0. The molecule has 1 N–H and O–H groups in total. The fourth-order valence-corrected chi connectivity index (χ4v) is 3.01. The Kier molecular flexibility index (Phi) is 7.25. The van der Waals surface area contributed by atoms with E-state index in [2.05, 4.69) is 5.32 Å². The molecule has 2 aromatic carbocycles. The number of halogens is 2. The van der Waals surface area contributed by atoms with E-state index in [1.807, 2.05) is 31.2 Å². The first-order chi connectivity index (χ1) is 12.0. The van der Waals surface area contributed by atoms with Crippen LogP contribution in [0.3, 0.4) is 0 Å². The molecule has 0 aliphatic rings. The Morgan fingerprint density at radius 1 is 1.16 bits per heavy atom. The Bertz CT molecular complexity index is 707. The molecule has 0 saturated carbocycles. The largest absolute Gasteiger partial charge is 0.497 e. The highest BCUT2D eigenvalue weighted by Crippen LogP contribution is 2.20. The lowest BCUT2D eigenvalue weighted by Gasteiger charge is -2.14. The molecule has 0 aliphatic carbocycles. The Morgan fingerprint density at radius 3 is 2.52 bits per heavy atom. The summed E-state index contributed by atoms with van der Waals surface area (Å²) in [6.45, 7) is 1.95. The predicted octanol–water partition coefficient (Wildman–Crippen LogP) is 4.20. The van der Waals surface area contributed by atoms with Gasteiger partial charge < -0.3 is 10.1 Å². The molecule has 134 valence electrons. The average Bonchev–Trinajstić information content (AvgIpc) is 2.61. The van der Waals surface area contributed by atoms with E-state index in [0.29, 0.717) is 4.90 Å². The number of aryl methyl sites for hydroxylation is 1. The molecule has 1 unspecified atom stereocenters. The maximum absolute atomic E-state index is 13.1.